The Kier molecular flexibility index (Phi) is 5.02. The van der Waals surface area contributed by atoms with E-state index < -0.39 is 10.7 Å². The molecule has 7 nitrogen and oxygen atoms in total. The van der Waals surface area contributed by atoms with Crippen LogP contribution in [-0.2, 0) is 0 Å². The highest BCUT2D eigenvalue weighted by molar-refractivity contribution is 5.74. The molecule has 0 aliphatic rings. The van der Waals surface area contributed by atoms with Gasteiger partial charge in [-0.2, -0.15) is 0 Å². The number of nitro groups is 1. The summed E-state index contributed by atoms with van der Waals surface area (Å²) >= 11 is 0. The molecule has 0 aliphatic heterocycles. The summed E-state index contributed by atoms with van der Waals surface area (Å²) in [4.78, 5) is 18.9. The van der Waals surface area contributed by atoms with Crippen LogP contribution in [0.15, 0.2) is 60.9 Å². The highest BCUT2D eigenvalue weighted by Gasteiger charge is 2.25. The number of nitrogens with one attached hydrogen (secondary N) is 2. The first-order valence-corrected chi connectivity index (χ1v) is 7.88. The van der Waals surface area contributed by atoms with Crippen LogP contribution < -0.4 is 10.6 Å². The minimum Gasteiger partial charge on any atom is -0.358 e. The van der Waals surface area contributed by atoms with E-state index in [-0.39, 0.29) is 29.1 Å². The van der Waals surface area contributed by atoms with Crippen molar-refractivity contribution >= 4 is 23.0 Å². The summed E-state index contributed by atoms with van der Waals surface area (Å²) in [6.07, 6.45) is 1.19. The fraction of sp³-hybridized carbons (Fsp3) is 0.111. The Morgan fingerprint density at radius 1 is 1.04 bits per heavy atom. The van der Waals surface area contributed by atoms with Crippen LogP contribution in [0.1, 0.15) is 18.5 Å². The Morgan fingerprint density at radius 3 is 2.38 bits per heavy atom. The molecule has 0 amide bonds. The molecule has 2 aromatic carbocycles. The lowest BCUT2D eigenvalue weighted by Gasteiger charge is -2.16. The Balaban J connectivity index is 1.94. The zero-order valence-corrected chi connectivity index (χ0v) is 13.9. The molecule has 0 aliphatic carbocycles. The summed E-state index contributed by atoms with van der Waals surface area (Å²) in [6, 6.07) is 15.1. The molecule has 0 saturated heterocycles. The molecule has 0 fully saturated rings. The second kappa shape index (κ2) is 7.56. The summed E-state index contributed by atoms with van der Waals surface area (Å²) in [7, 11) is 0. The molecule has 132 valence electrons. The fourth-order valence-corrected chi connectivity index (χ4v) is 2.47. The van der Waals surface area contributed by atoms with E-state index in [4.69, 9.17) is 0 Å². The van der Waals surface area contributed by atoms with Crippen molar-refractivity contribution in [1.29, 1.82) is 0 Å². The second-order valence-corrected chi connectivity index (χ2v) is 5.56. The zero-order chi connectivity index (χ0) is 18.5. The molecule has 3 aromatic rings. The van der Waals surface area contributed by atoms with Crippen molar-refractivity contribution in [1.82, 2.24) is 9.97 Å². The molecule has 8 heteroatoms. The minimum absolute atomic E-state index is 0.0557. The Morgan fingerprint density at radius 2 is 1.69 bits per heavy atom. The van der Waals surface area contributed by atoms with E-state index in [2.05, 4.69) is 20.6 Å². The lowest BCUT2D eigenvalue weighted by atomic mass is 10.1. The van der Waals surface area contributed by atoms with Gasteiger partial charge in [-0.15, -0.1) is 0 Å². The summed E-state index contributed by atoms with van der Waals surface area (Å²) in [5.41, 5.74) is 0.693. The first-order chi connectivity index (χ1) is 12.6. The predicted octanol–water partition coefficient (Wildman–Crippen LogP) is 4.44. The van der Waals surface area contributed by atoms with E-state index in [1.807, 2.05) is 37.3 Å². The van der Waals surface area contributed by atoms with Gasteiger partial charge in [-0.05, 0) is 24.6 Å². The molecule has 0 radical (unpaired) electrons. The lowest BCUT2D eigenvalue weighted by molar-refractivity contribution is -0.383. The highest BCUT2D eigenvalue weighted by Crippen LogP contribution is 2.33. The van der Waals surface area contributed by atoms with Gasteiger partial charge in [0.25, 0.3) is 0 Å². The minimum atomic E-state index is -0.594. The van der Waals surface area contributed by atoms with Crippen LogP contribution in [0.4, 0.5) is 27.4 Å². The first kappa shape index (κ1) is 17.3. The molecular weight excluding hydrogens is 337 g/mol. The SMILES string of the molecule is CC(Nc1ncnc(Nc2ccccc2F)c1[N+](=O)[O-])c1ccccc1. The fourth-order valence-electron chi connectivity index (χ4n) is 2.47. The smallest absolute Gasteiger partial charge is 0.353 e. The summed E-state index contributed by atoms with van der Waals surface area (Å²) < 4.78 is 13.8. The van der Waals surface area contributed by atoms with Crippen molar-refractivity contribution in [2.24, 2.45) is 0 Å². The number of anilines is 3. The van der Waals surface area contributed by atoms with Crippen molar-refractivity contribution in [3.63, 3.8) is 0 Å². The largest absolute Gasteiger partial charge is 0.358 e. The van der Waals surface area contributed by atoms with Crippen LogP contribution in [0.3, 0.4) is 0 Å². The Bertz CT molecular complexity index is 920. The third-order valence-electron chi connectivity index (χ3n) is 3.78. The standard InChI is InChI=1S/C18H16FN5O2/c1-12(13-7-3-2-4-8-13)22-17-16(24(25)26)18(21-11-20-17)23-15-10-6-5-9-14(15)19/h2-12H,1H3,(H2,20,21,22,23). The maximum absolute atomic E-state index is 13.8. The zero-order valence-electron chi connectivity index (χ0n) is 13.9. The van der Waals surface area contributed by atoms with Gasteiger partial charge >= 0.3 is 5.69 Å². The van der Waals surface area contributed by atoms with Crippen molar-refractivity contribution in [2.45, 2.75) is 13.0 Å². The van der Waals surface area contributed by atoms with Gasteiger partial charge in [-0.25, -0.2) is 14.4 Å². The molecule has 1 heterocycles. The number of nitrogens with zero attached hydrogens (tertiary/aromatic N) is 3. The molecule has 1 aromatic heterocycles. The molecule has 0 bridgehead atoms. The quantitative estimate of drug-likeness (QED) is 0.503. The topological polar surface area (TPSA) is 93.0 Å². The molecular formula is C18H16FN5O2. The van der Waals surface area contributed by atoms with Crippen LogP contribution >= 0.6 is 0 Å². The number of rotatable bonds is 6. The number of hydrogen-bond donors (Lipinski definition) is 2. The van der Waals surface area contributed by atoms with E-state index in [1.165, 1.54) is 24.5 Å². The van der Waals surface area contributed by atoms with E-state index in [0.717, 1.165) is 5.56 Å². The molecule has 0 spiro atoms. The number of hydrogen-bond acceptors (Lipinski definition) is 6. The summed E-state index contributed by atoms with van der Waals surface area (Å²) in [5, 5.41) is 17.3. The lowest BCUT2D eigenvalue weighted by Crippen LogP contribution is -2.12. The van der Waals surface area contributed by atoms with Gasteiger partial charge < -0.3 is 10.6 Å². The highest BCUT2D eigenvalue weighted by atomic mass is 19.1. The molecule has 2 N–H and O–H groups in total. The Labute approximate surface area is 149 Å². The molecule has 1 unspecified atom stereocenters. The third kappa shape index (κ3) is 3.75. The van der Waals surface area contributed by atoms with Crippen molar-refractivity contribution in [3.8, 4) is 0 Å². The van der Waals surface area contributed by atoms with Crippen LogP contribution in [-0.4, -0.2) is 14.9 Å². The first-order valence-electron chi connectivity index (χ1n) is 7.88. The van der Waals surface area contributed by atoms with Gasteiger partial charge in [0.1, 0.15) is 12.1 Å². The van der Waals surface area contributed by atoms with Gasteiger partial charge in [0.15, 0.2) is 0 Å². The molecule has 26 heavy (non-hydrogen) atoms. The second-order valence-electron chi connectivity index (χ2n) is 5.56. The van der Waals surface area contributed by atoms with E-state index in [9.17, 15) is 14.5 Å². The van der Waals surface area contributed by atoms with Crippen molar-refractivity contribution < 1.29 is 9.31 Å². The third-order valence-corrected chi connectivity index (χ3v) is 3.78. The monoisotopic (exact) mass is 353 g/mol. The number of halogens is 1. The van der Waals surface area contributed by atoms with Gasteiger partial charge in [-0.1, -0.05) is 42.5 Å². The summed E-state index contributed by atoms with van der Waals surface area (Å²) in [5.74, 6) is -0.564. The van der Waals surface area contributed by atoms with Crippen molar-refractivity contribution in [2.75, 3.05) is 10.6 Å². The maximum Gasteiger partial charge on any atom is 0.353 e. The molecule has 0 saturated carbocycles. The number of benzene rings is 2. The normalized spacial score (nSPS) is 11.6. The van der Waals surface area contributed by atoms with Gasteiger partial charge in [0, 0.05) is 0 Å². The average molecular weight is 353 g/mol. The summed E-state index contributed by atoms with van der Waals surface area (Å²) in [6.45, 7) is 1.87. The van der Waals surface area contributed by atoms with Gasteiger partial charge in [0.05, 0.1) is 16.7 Å². The van der Waals surface area contributed by atoms with Crippen LogP contribution in [0.5, 0.6) is 0 Å². The molecule has 3 rings (SSSR count). The van der Waals surface area contributed by atoms with Crippen LogP contribution in [0, 0.1) is 15.9 Å². The number of para-hydroxylation sites is 1. The maximum atomic E-state index is 13.8. The van der Waals surface area contributed by atoms with Crippen molar-refractivity contribution in [3.05, 3.63) is 82.4 Å². The number of aromatic nitrogens is 2. The van der Waals surface area contributed by atoms with Gasteiger partial charge in [0.2, 0.25) is 11.6 Å². The Hall–Kier alpha value is -3.55. The van der Waals surface area contributed by atoms with Gasteiger partial charge in [-0.3, -0.25) is 10.1 Å². The predicted molar refractivity (Wildman–Crippen MR) is 96.8 cm³/mol. The van der Waals surface area contributed by atoms with Crippen LogP contribution in [0.25, 0.3) is 0 Å². The van der Waals surface area contributed by atoms with E-state index in [1.54, 1.807) is 6.07 Å². The van der Waals surface area contributed by atoms with E-state index in [0.29, 0.717) is 0 Å². The molecule has 1 atom stereocenters. The van der Waals surface area contributed by atoms with E-state index >= 15 is 0 Å². The average Bonchev–Trinajstić information content (AvgIpc) is 2.64. The van der Waals surface area contributed by atoms with Crippen LogP contribution in [0.2, 0.25) is 0 Å².